The molecule has 0 spiro atoms. The number of halogens is 1. The van der Waals surface area contributed by atoms with E-state index in [0.717, 1.165) is 0 Å². The van der Waals surface area contributed by atoms with Crippen LogP contribution < -0.4 is 11.1 Å². The first-order valence-corrected chi connectivity index (χ1v) is 5.91. The Hall–Kier alpha value is -1.63. The van der Waals surface area contributed by atoms with Crippen molar-refractivity contribution in [3.63, 3.8) is 0 Å². The number of amides is 1. The minimum atomic E-state index is -1.18. The van der Waals surface area contributed by atoms with Crippen molar-refractivity contribution >= 4 is 29.2 Å². The number of aromatic carboxylic acids is 1. The van der Waals surface area contributed by atoms with E-state index in [9.17, 15) is 9.59 Å². The lowest BCUT2D eigenvalue weighted by Crippen LogP contribution is -2.36. The summed E-state index contributed by atoms with van der Waals surface area (Å²) in [7, 11) is 1.51. The number of nitrogens with one attached hydrogen (secondary N) is 1. The van der Waals surface area contributed by atoms with Gasteiger partial charge in [0.25, 0.3) is 0 Å². The maximum Gasteiger partial charge on any atom is 0.337 e. The summed E-state index contributed by atoms with van der Waals surface area (Å²) in [5.74, 6) is -1.65. The molecule has 1 atom stereocenters. The number of methoxy groups -OCH3 is 1. The van der Waals surface area contributed by atoms with Gasteiger partial charge in [-0.05, 0) is 24.6 Å². The summed E-state index contributed by atoms with van der Waals surface area (Å²) in [5.41, 5.74) is 5.72. The molecule has 6 nitrogen and oxygen atoms in total. The Balaban J connectivity index is 2.81. The van der Waals surface area contributed by atoms with Crippen molar-refractivity contribution in [2.75, 3.05) is 19.0 Å². The van der Waals surface area contributed by atoms with Crippen LogP contribution in [-0.4, -0.2) is 36.7 Å². The highest BCUT2D eigenvalue weighted by Gasteiger charge is 2.17. The Kier molecular flexibility index (Phi) is 5.75. The van der Waals surface area contributed by atoms with Crippen molar-refractivity contribution in [3.05, 3.63) is 28.8 Å². The molecule has 1 aromatic rings. The van der Waals surface area contributed by atoms with E-state index in [1.807, 2.05) is 0 Å². The van der Waals surface area contributed by atoms with Gasteiger partial charge in [0.1, 0.15) is 0 Å². The van der Waals surface area contributed by atoms with Crippen LogP contribution in [0.3, 0.4) is 0 Å². The fourth-order valence-corrected chi connectivity index (χ4v) is 1.58. The molecular formula is C12H15ClN2O4. The quantitative estimate of drug-likeness (QED) is 0.732. The first-order chi connectivity index (χ1) is 8.95. The first kappa shape index (κ1) is 15.4. The van der Waals surface area contributed by atoms with Crippen molar-refractivity contribution < 1.29 is 19.4 Å². The highest BCUT2D eigenvalue weighted by molar-refractivity contribution is 6.31. The van der Waals surface area contributed by atoms with Gasteiger partial charge in [0.2, 0.25) is 5.91 Å². The number of carboxylic acids is 1. The molecule has 0 heterocycles. The third-order valence-electron chi connectivity index (χ3n) is 2.44. The maximum absolute atomic E-state index is 11.8. The van der Waals surface area contributed by atoms with Crippen LogP contribution in [0.25, 0.3) is 0 Å². The second-order valence-electron chi connectivity index (χ2n) is 3.87. The Morgan fingerprint density at radius 3 is 2.79 bits per heavy atom. The van der Waals surface area contributed by atoms with E-state index in [1.54, 1.807) is 0 Å². The molecular weight excluding hydrogens is 272 g/mol. The van der Waals surface area contributed by atoms with Gasteiger partial charge in [-0.15, -0.1) is 0 Å². The summed E-state index contributed by atoms with van der Waals surface area (Å²) >= 11 is 5.71. The molecule has 0 fully saturated rings. The van der Waals surface area contributed by atoms with E-state index < -0.39 is 17.9 Å². The van der Waals surface area contributed by atoms with E-state index in [4.69, 9.17) is 27.2 Å². The van der Waals surface area contributed by atoms with Crippen molar-refractivity contribution in [3.8, 4) is 0 Å². The molecule has 1 aromatic carbocycles. The third-order valence-corrected chi connectivity index (χ3v) is 2.67. The zero-order valence-electron chi connectivity index (χ0n) is 10.4. The van der Waals surface area contributed by atoms with Gasteiger partial charge in [-0.2, -0.15) is 0 Å². The number of anilines is 1. The highest BCUT2D eigenvalue weighted by atomic mass is 35.5. The molecule has 1 unspecified atom stereocenters. The molecule has 0 radical (unpaired) electrons. The molecule has 1 rings (SSSR count). The van der Waals surface area contributed by atoms with E-state index >= 15 is 0 Å². The number of carbonyl (C=O) groups excluding carboxylic acids is 1. The molecule has 0 aliphatic heterocycles. The summed E-state index contributed by atoms with van der Waals surface area (Å²) in [6.45, 7) is 0.348. The molecule has 0 saturated heterocycles. The van der Waals surface area contributed by atoms with Gasteiger partial charge in [-0.3, -0.25) is 4.79 Å². The van der Waals surface area contributed by atoms with Gasteiger partial charge in [0, 0.05) is 18.7 Å². The van der Waals surface area contributed by atoms with Crippen LogP contribution in [0.2, 0.25) is 5.02 Å². The number of ether oxygens (including phenoxy) is 1. The second kappa shape index (κ2) is 7.08. The van der Waals surface area contributed by atoms with Crippen LogP contribution in [0, 0.1) is 0 Å². The first-order valence-electron chi connectivity index (χ1n) is 5.54. The molecule has 7 heteroatoms. The summed E-state index contributed by atoms with van der Waals surface area (Å²) in [6.07, 6.45) is 0.346. The van der Waals surface area contributed by atoms with Crippen LogP contribution in [0.4, 0.5) is 5.69 Å². The summed E-state index contributed by atoms with van der Waals surface area (Å²) in [5, 5.41) is 11.8. The van der Waals surface area contributed by atoms with Gasteiger partial charge >= 0.3 is 5.97 Å². The Bertz CT molecular complexity index is 479. The number of hydrogen-bond acceptors (Lipinski definition) is 4. The zero-order chi connectivity index (χ0) is 14.4. The summed E-state index contributed by atoms with van der Waals surface area (Å²) in [6, 6.07) is 3.41. The van der Waals surface area contributed by atoms with E-state index in [1.165, 1.54) is 25.3 Å². The smallest absolute Gasteiger partial charge is 0.337 e. The van der Waals surface area contributed by atoms with Crippen LogP contribution in [0.5, 0.6) is 0 Å². The molecule has 0 bridgehead atoms. The Morgan fingerprint density at radius 1 is 1.53 bits per heavy atom. The normalized spacial score (nSPS) is 11.9. The molecule has 0 aromatic heterocycles. The third kappa shape index (κ3) is 4.51. The van der Waals surface area contributed by atoms with Crippen LogP contribution in [0.15, 0.2) is 18.2 Å². The Labute approximate surface area is 115 Å². The fraction of sp³-hybridized carbons (Fsp3) is 0.333. The monoisotopic (exact) mass is 286 g/mol. The average Bonchev–Trinajstić information content (AvgIpc) is 2.37. The molecule has 0 aliphatic carbocycles. The number of benzene rings is 1. The second-order valence-corrected chi connectivity index (χ2v) is 4.31. The minimum absolute atomic E-state index is 0.0835. The van der Waals surface area contributed by atoms with Crippen LogP contribution in [0.1, 0.15) is 16.8 Å². The fourth-order valence-electron chi connectivity index (χ4n) is 1.40. The lowest BCUT2D eigenvalue weighted by molar-refractivity contribution is -0.117. The van der Waals surface area contributed by atoms with Crippen molar-refractivity contribution in [1.82, 2.24) is 0 Å². The number of carboxylic acid groups (broad SMARTS) is 1. The average molecular weight is 287 g/mol. The number of hydrogen-bond donors (Lipinski definition) is 3. The number of rotatable bonds is 6. The Morgan fingerprint density at radius 2 is 2.21 bits per heavy atom. The summed E-state index contributed by atoms with van der Waals surface area (Å²) < 4.78 is 4.82. The summed E-state index contributed by atoms with van der Waals surface area (Å²) in [4.78, 5) is 22.8. The van der Waals surface area contributed by atoms with Crippen molar-refractivity contribution in [1.29, 1.82) is 0 Å². The van der Waals surface area contributed by atoms with Gasteiger partial charge in [0.15, 0.2) is 0 Å². The van der Waals surface area contributed by atoms with Gasteiger partial charge in [-0.25, -0.2) is 4.79 Å². The van der Waals surface area contributed by atoms with Gasteiger partial charge in [-0.1, -0.05) is 11.6 Å². The molecule has 19 heavy (non-hydrogen) atoms. The molecule has 1 amide bonds. The lowest BCUT2D eigenvalue weighted by Gasteiger charge is -2.13. The predicted molar refractivity (Wildman–Crippen MR) is 71.5 cm³/mol. The largest absolute Gasteiger partial charge is 0.478 e. The SMILES string of the molecule is COCCC(N)C(=O)Nc1ccc(Cl)cc1C(=O)O. The molecule has 104 valence electrons. The molecule has 0 saturated carbocycles. The topological polar surface area (TPSA) is 102 Å². The van der Waals surface area contributed by atoms with Gasteiger partial charge in [0.05, 0.1) is 17.3 Å². The maximum atomic E-state index is 11.8. The van der Waals surface area contributed by atoms with Crippen molar-refractivity contribution in [2.45, 2.75) is 12.5 Å². The lowest BCUT2D eigenvalue weighted by atomic mass is 10.1. The highest BCUT2D eigenvalue weighted by Crippen LogP contribution is 2.21. The predicted octanol–water partition coefficient (Wildman–Crippen LogP) is 1.34. The molecule has 0 aliphatic rings. The zero-order valence-corrected chi connectivity index (χ0v) is 11.1. The van der Waals surface area contributed by atoms with Crippen LogP contribution >= 0.6 is 11.6 Å². The minimum Gasteiger partial charge on any atom is -0.478 e. The van der Waals surface area contributed by atoms with E-state index in [0.29, 0.717) is 13.0 Å². The van der Waals surface area contributed by atoms with E-state index in [2.05, 4.69) is 5.32 Å². The standard InChI is InChI=1S/C12H15ClN2O4/c1-19-5-4-9(14)11(16)15-10-3-2-7(13)6-8(10)12(17)18/h2-3,6,9H,4-5,14H2,1H3,(H,15,16)(H,17,18). The number of nitrogens with two attached hydrogens (primary N) is 1. The molecule has 4 N–H and O–H groups in total. The van der Waals surface area contributed by atoms with Crippen LogP contribution in [-0.2, 0) is 9.53 Å². The van der Waals surface area contributed by atoms with Crippen molar-refractivity contribution in [2.24, 2.45) is 5.73 Å². The van der Waals surface area contributed by atoms with E-state index in [-0.39, 0.29) is 16.3 Å². The van der Waals surface area contributed by atoms with Gasteiger partial charge < -0.3 is 20.9 Å². The number of carbonyl (C=O) groups is 2.